The number of nitrogens with two attached hydrogens (primary N) is 1. The highest BCUT2D eigenvalue weighted by Gasteiger charge is 2.34. The molecule has 3 aromatic rings. The fourth-order valence-corrected chi connectivity index (χ4v) is 5.04. The Morgan fingerprint density at radius 3 is 2.58 bits per heavy atom. The summed E-state index contributed by atoms with van der Waals surface area (Å²) in [6, 6.07) is 15.2. The van der Waals surface area contributed by atoms with E-state index in [4.69, 9.17) is 5.14 Å². The Bertz CT molecular complexity index is 1320. The molecular weight excluding hydrogens is 417 g/mol. The van der Waals surface area contributed by atoms with Crippen molar-refractivity contribution >= 4 is 21.6 Å². The van der Waals surface area contributed by atoms with Gasteiger partial charge in [-0.05, 0) is 66.3 Å². The summed E-state index contributed by atoms with van der Waals surface area (Å²) in [5, 5.41) is 5.26. The molecule has 1 aliphatic heterocycles. The number of primary sulfonamides is 1. The third-order valence-electron chi connectivity index (χ3n) is 6.05. The molecule has 0 radical (unpaired) electrons. The zero-order chi connectivity index (χ0) is 21.8. The van der Waals surface area contributed by atoms with Crippen LogP contribution in [0.1, 0.15) is 16.7 Å². The third kappa shape index (κ3) is 3.62. The number of sulfonamides is 1. The van der Waals surface area contributed by atoms with Gasteiger partial charge in [0.2, 0.25) is 21.9 Å². The molecule has 2 heterocycles. The van der Waals surface area contributed by atoms with Gasteiger partial charge < -0.3 is 4.90 Å². The van der Waals surface area contributed by atoms with Crippen molar-refractivity contribution in [3.05, 3.63) is 77.2 Å². The molecule has 2 aromatic carbocycles. The van der Waals surface area contributed by atoms with Crippen molar-refractivity contribution in [2.75, 3.05) is 11.4 Å². The molecule has 5 rings (SSSR count). The highest BCUT2D eigenvalue weighted by atomic mass is 32.2. The van der Waals surface area contributed by atoms with E-state index in [1.165, 1.54) is 18.2 Å². The van der Waals surface area contributed by atoms with E-state index in [0.717, 1.165) is 22.3 Å². The molecule has 1 amide bonds. The van der Waals surface area contributed by atoms with E-state index in [9.17, 15) is 17.6 Å². The predicted octanol–water partition coefficient (Wildman–Crippen LogP) is 2.84. The van der Waals surface area contributed by atoms with E-state index >= 15 is 0 Å². The minimum absolute atomic E-state index is 0.00731. The largest absolute Gasteiger partial charge is 0.312 e. The lowest BCUT2D eigenvalue weighted by molar-refractivity contribution is -0.122. The van der Waals surface area contributed by atoms with Crippen LogP contribution in [0.4, 0.5) is 10.1 Å². The third-order valence-corrected chi connectivity index (χ3v) is 6.96. The van der Waals surface area contributed by atoms with Gasteiger partial charge in [0, 0.05) is 23.7 Å². The Balaban J connectivity index is 1.40. The second kappa shape index (κ2) is 7.25. The molecule has 0 unspecified atom stereocenters. The quantitative estimate of drug-likeness (QED) is 0.638. The number of pyridine rings is 1. The number of hydrogen-bond acceptors (Lipinski definition) is 4. The van der Waals surface area contributed by atoms with Crippen molar-refractivity contribution in [3.63, 3.8) is 0 Å². The van der Waals surface area contributed by atoms with Crippen molar-refractivity contribution in [3.8, 4) is 11.3 Å². The highest BCUT2D eigenvalue weighted by molar-refractivity contribution is 7.89. The molecule has 1 atom stereocenters. The van der Waals surface area contributed by atoms with Gasteiger partial charge in [0.1, 0.15) is 0 Å². The van der Waals surface area contributed by atoms with E-state index in [-0.39, 0.29) is 16.7 Å². The topological polar surface area (TPSA) is 93.4 Å². The summed E-state index contributed by atoms with van der Waals surface area (Å²) in [5.74, 6) is -0.778. The van der Waals surface area contributed by atoms with Crippen LogP contribution in [0.15, 0.2) is 59.5 Å². The average Bonchev–Trinajstić information content (AvgIpc) is 3.35. The first-order valence-corrected chi connectivity index (χ1v) is 11.6. The molecule has 0 bridgehead atoms. The summed E-state index contributed by atoms with van der Waals surface area (Å²) >= 11 is 0. The number of amides is 1. The van der Waals surface area contributed by atoms with E-state index in [0.29, 0.717) is 37.2 Å². The molecule has 0 saturated carbocycles. The molecule has 31 heavy (non-hydrogen) atoms. The Morgan fingerprint density at radius 2 is 1.81 bits per heavy atom. The lowest BCUT2D eigenvalue weighted by Crippen LogP contribution is -2.35. The van der Waals surface area contributed by atoms with E-state index in [2.05, 4.69) is 4.98 Å². The molecule has 2 aliphatic rings. The van der Waals surface area contributed by atoms with Crippen molar-refractivity contribution in [2.45, 2.75) is 24.2 Å². The zero-order valence-electron chi connectivity index (χ0n) is 16.6. The molecular formula is C23H20FN3O3S. The van der Waals surface area contributed by atoms with Gasteiger partial charge in [-0.3, -0.25) is 4.79 Å². The Labute approximate surface area is 179 Å². The number of nitrogens with zero attached hydrogens (tertiary/aromatic N) is 2. The van der Waals surface area contributed by atoms with Crippen LogP contribution >= 0.6 is 0 Å². The maximum atomic E-state index is 13.5. The Hall–Kier alpha value is -3.10. The van der Waals surface area contributed by atoms with Crippen LogP contribution < -0.4 is 10.0 Å². The van der Waals surface area contributed by atoms with Crippen LogP contribution in [0.5, 0.6) is 0 Å². The molecule has 0 spiro atoms. The van der Waals surface area contributed by atoms with Crippen molar-refractivity contribution < 1.29 is 17.6 Å². The number of fused-ring (bicyclic) bond motifs is 2. The normalized spacial score (nSPS) is 17.5. The molecule has 1 aromatic heterocycles. The fraction of sp³-hybridized carbons (Fsp3) is 0.217. The second-order valence-corrected chi connectivity index (χ2v) is 9.57. The van der Waals surface area contributed by atoms with Gasteiger partial charge in [-0.15, -0.1) is 0 Å². The number of rotatable bonds is 3. The number of carbonyl (C=O) groups is 1. The van der Waals surface area contributed by atoms with Crippen molar-refractivity contribution in [2.24, 2.45) is 11.1 Å². The van der Waals surface area contributed by atoms with Crippen LogP contribution in [-0.2, 0) is 34.1 Å². The second-order valence-electron chi connectivity index (χ2n) is 8.01. The summed E-state index contributed by atoms with van der Waals surface area (Å²) in [7, 11) is -3.84. The summed E-state index contributed by atoms with van der Waals surface area (Å²) in [6.45, 7) is 0.521. The van der Waals surface area contributed by atoms with E-state index in [1.807, 2.05) is 18.2 Å². The molecule has 0 saturated heterocycles. The summed E-state index contributed by atoms with van der Waals surface area (Å²) in [5.41, 5.74) is 5.08. The molecule has 1 aliphatic carbocycles. The molecule has 8 heteroatoms. The summed E-state index contributed by atoms with van der Waals surface area (Å²) in [6.07, 6.45) is 1.88. The zero-order valence-corrected chi connectivity index (χ0v) is 17.4. The molecule has 6 nitrogen and oxygen atoms in total. The maximum Gasteiger partial charge on any atom is 0.238 e. The molecule has 158 valence electrons. The number of hydrogen-bond donors (Lipinski definition) is 1. The number of anilines is 1. The maximum absolute atomic E-state index is 13.5. The average molecular weight is 437 g/mol. The first-order chi connectivity index (χ1) is 14.8. The van der Waals surface area contributed by atoms with Crippen molar-refractivity contribution in [1.82, 2.24) is 4.98 Å². The van der Waals surface area contributed by atoms with E-state index in [1.54, 1.807) is 23.1 Å². The van der Waals surface area contributed by atoms with Gasteiger partial charge in [-0.25, -0.2) is 18.5 Å². The Kier molecular flexibility index (Phi) is 4.64. The monoisotopic (exact) mass is 437 g/mol. The van der Waals surface area contributed by atoms with Crippen LogP contribution in [0, 0.1) is 11.9 Å². The lowest BCUT2D eigenvalue weighted by atomic mass is 10.0. The number of aromatic nitrogens is 1. The smallest absolute Gasteiger partial charge is 0.238 e. The molecule has 2 N–H and O–H groups in total. The van der Waals surface area contributed by atoms with Gasteiger partial charge in [0.25, 0.3) is 0 Å². The SMILES string of the molecule is NS(=O)(=O)c1ccc2c(c1)N(C(=O)[C@@H]1Cc3ccc(-c4cccc(F)n4)cc3C1)CC2. The number of carbonyl (C=O) groups excluding carboxylic acids is 1. The predicted molar refractivity (Wildman–Crippen MR) is 114 cm³/mol. The minimum Gasteiger partial charge on any atom is -0.312 e. The van der Waals surface area contributed by atoms with Crippen molar-refractivity contribution in [1.29, 1.82) is 0 Å². The van der Waals surface area contributed by atoms with Crippen LogP contribution in [-0.4, -0.2) is 25.9 Å². The van der Waals surface area contributed by atoms with Crippen LogP contribution in [0.3, 0.4) is 0 Å². The van der Waals surface area contributed by atoms with Crippen LogP contribution in [0.25, 0.3) is 11.3 Å². The minimum atomic E-state index is -3.84. The van der Waals surface area contributed by atoms with Gasteiger partial charge >= 0.3 is 0 Å². The van der Waals surface area contributed by atoms with Gasteiger partial charge in [-0.2, -0.15) is 4.39 Å². The first-order valence-electron chi connectivity index (χ1n) is 10.0. The number of halogens is 1. The summed E-state index contributed by atoms with van der Waals surface area (Å²) < 4.78 is 36.9. The standard InChI is InChI=1S/C23H20FN3O3S/c24-22-3-1-2-20(26-22)16-5-4-15-10-18(12-17(15)11-16)23(28)27-9-8-14-6-7-19(13-21(14)27)31(25,29)30/h1-7,11,13,18H,8-10,12H2,(H2,25,29,30)/t18-/m1/s1. The molecule has 0 fully saturated rings. The van der Waals surface area contributed by atoms with Crippen LogP contribution in [0.2, 0.25) is 0 Å². The van der Waals surface area contributed by atoms with Gasteiger partial charge in [0.15, 0.2) is 0 Å². The Morgan fingerprint density at radius 1 is 1.03 bits per heavy atom. The number of benzene rings is 2. The van der Waals surface area contributed by atoms with E-state index < -0.39 is 16.0 Å². The fourth-order valence-electron chi connectivity index (χ4n) is 4.51. The highest BCUT2D eigenvalue weighted by Crippen LogP contribution is 2.36. The van der Waals surface area contributed by atoms with Gasteiger partial charge in [-0.1, -0.05) is 24.3 Å². The summed E-state index contributed by atoms with van der Waals surface area (Å²) in [4.78, 5) is 18.9. The van der Waals surface area contributed by atoms with Gasteiger partial charge in [0.05, 0.1) is 10.6 Å². The lowest BCUT2D eigenvalue weighted by Gasteiger charge is -2.21. The first kappa shape index (κ1) is 19.8.